The predicted octanol–water partition coefficient (Wildman–Crippen LogP) is 1.38. The van der Waals surface area contributed by atoms with Crippen molar-refractivity contribution in [2.45, 2.75) is 32.4 Å². The van der Waals surface area contributed by atoms with Crippen LogP contribution in [0.25, 0.3) is 11.6 Å². The smallest absolute Gasteiger partial charge is 0.276 e. The van der Waals surface area contributed by atoms with Crippen molar-refractivity contribution in [1.82, 2.24) is 25.2 Å². The van der Waals surface area contributed by atoms with Gasteiger partial charge in [0.2, 0.25) is 0 Å². The molecule has 0 amide bonds. The summed E-state index contributed by atoms with van der Waals surface area (Å²) in [6.07, 6.45) is 3.99. The zero-order valence-electron chi connectivity index (χ0n) is 9.76. The third kappa shape index (κ3) is 1.84. The summed E-state index contributed by atoms with van der Waals surface area (Å²) in [7, 11) is 0. The third-order valence-electron chi connectivity index (χ3n) is 3.05. The molecular weight excluding hydrogens is 218 g/mol. The Hall–Kier alpha value is -1.69. The summed E-state index contributed by atoms with van der Waals surface area (Å²) >= 11 is 0. The van der Waals surface area contributed by atoms with Crippen molar-refractivity contribution in [1.29, 1.82) is 0 Å². The molecule has 2 aromatic heterocycles. The normalized spacial score (nSPS) is 19.9. The first-order valence-corrected chi connectivity index (χ1v) is 5.97. The first-order chi connectivity index (χ1) is 8.38. The molecule has 0 bridgehead atoms. The summed E-state index contributed by atoms with van der Waals surface area (Å²) in [5.74, 6) is 1.30. The summed E-state index contributed by atoms with van der Waals surface area (Å²) in [5, 5.41) is 11.6. The van der Waals surface area contributed by atoms with Crippen molar-refractivity contribution >= 4 is 0 Å². The Kier molecular flexibility index (Phi) is 2.64. The molecule has 2 aromatic rings. The number of hydrogen-bond acceptors (Lipinski definition) is 5. The molecule has 0 saturated carbocycles. The summed E-state index contributed by atoms with van der Waals surface area (Å²) < 4.78 is 7.15. The van der Waals surface area contributed by atoms with E-state index in [9.17, 15) is 0 Å². The van der Waals surface area contributed by atoms with Gasteiger partial charge in [0.25, 0.3) is 5.89 Å². The largest absolute Gasteiger partial charge is 0.332 e. The van der Waals surface area contributed by atoms with Crippen molar-refractivity contribution in [3.05, 3.63) is 18.1 Å². The van der Waals surface area contributed by atoms with E-state index in [1.807, 2.05) is 17.7 Å². The second-order valence-electron chi connectivity index (χ2n) is 4.14. The Balaban J connectivity index is 1.89. The van der Waals surface area contributed by atoms with Gasteiger partial charge in [0.05, 0.1) is 6.04 Å². The molecule has 1 N–H and O–H groups in total. The molecule has 1 saturated heterocycles. The maximum Gasteiger partial charge on any atom is 0.276 e. The molecule has 1 aliphatic heterocycles. The Bertz CT molecular complexity index is 497. The number of aryl methyl sites for hydroxylation is 1. The van der Waals surface area contributed by atoms with Gasteiger partial charge in [-0.15, -0.1) is 0 Å². The van der Waals surface area contributed by atoms with Crippen LogP contribution in [-0.2, 0) is 6.54 Å². The van der Waals surface area contributed by atoms with Gasteiger partial charge >= 0.3 is 0 Å². The van der Waals surface area contributed by atoms with Crippen LogP contribution in [0.3, 0.4) is 0 Å². The number of rotatable bonds is 3. The van der Waals surface area contributed by atoms with E-state index in [2.05, 4.69) is 20.6 Å². The molecule has 17 heavy (non-hydrogen) atoms. The molecule has 0 spiro atoms. The molecular formula is C11H15N5O. The van der Waals surface area contributed by atoms with Gasteiger partial charge in [0, 0.05) is 12.7 Å². The average Bonchev–Trinajstić information content (AvgIpc) is 3.09. The number of aromatic nitrogens is 4. The SMILES string of the molecule is CCn1nccc1-c1nc([C@@H]2CCCN2)no1. The van der Waals surface area contributed by atoms with Gasteiger partial charge in [0.15, 0.2) is 5.82 Å². The van der Waals surface area contributed by atoms with E-state index in [4.69, 9.17) is 4.52 Å². The molecule has 0 unspecified atom stereocenters. The monoisotopic (exact) mass is 233 g/mol. The number of nitrogens with zero attached hydrogens (tertiary/aromatic N) is 4. The lowest BCUT2D eigenvalue weighted by atomic mass is 10.2. The predicted molar refractivity (Wildman–Crippen MR) is 61.2 cm³/mol. The van der Waals surface area contributed by atoms with Crippen LogP contribution in [0.1, 0.15) is 31.6 Å². The minimum absolute atomic E-state index is 0.241. The summed E-state index contributed by atoms with van der Waals surface area (Å²) in [6.45, 7) is 3.86. The van der Waals surface area contributed by atoms with E-state index in [0.717, 1.165) is 31.0 Å². The number of nitrogens with one attached hydrogen (secondary N) is 1. The fourth-order valence-electron chi connectivity index (χ4n) is 2.15. The van der Waals surface area contributed by atoms with Gasteiger partial charge in [-0.25, -0.2) is 0 Å². The highest BCUT2D eigenvalue weighted by molar-refractivity contribution is 5.46. The third-order valence-corrected chi connectivity index (χ3v) is 3.05. The van der Waals surface area contributed by atoms with Crippen LogP contribution >= 0.6 is 0 Å². The van der Waals surface area contributed by atoms with Crippen LogP contribution in [0.4, 0.5) is 0 Å². The number of hydrogen-bond donors (Lipinski definition) is 1. The molecule has 3 rings (SSSR count). The lowest BCUT2D eigenvalue weighted by Crippen LogP contribution is -2.14. The minimum atomic E-state index is 0.241. The van der Waals surface area contributed by atoms with E-state index in [-0.39, 0.29) is 6.04 Å². The van der Waals surface area contributed by atoms with Crippen LogP contribution in [-0.4, -0.2) is 26.5 Å². The first-order valence-electron chi connectivity index (χ1n) is 5.97. The molecule has 0 aromatic carbocycles. The Labute approximate surface area is 99.0 Å². The Morgan fingerprint density at radius 3 is 3.29 bits per heavy atom. The van der Waals surface area contributed by atoms with E-state index in [1.54, 1.807) is 6.20 Å². The summed E-state index contributed by atoms with van der Waals surface area (Å²) in [5.41, 5.74) is 0.879. The van der Waals surface area contributed by atoms with Crippen LogP contribution in [0.5, 0.6) is 0 Å². The topological polar surface area (TPSA) is 68.8 Å². The highest BCUT2D eigenvalue weighted by Gasteiger charge is 2.22. The van der Waals surface area contributed by atoms with E-state index in [0.29, 0.717) is 5.89 Å². The molecule has 6 nitrogen and oxygen atoms in total. The maximum atomic E-state index is 5.30. The lowest BCUT2D eigenvalue weighted by molar-refractivity contribution is 0.408. The highest BCUT2D eigenvalue weighted by Crippen LogP contribution is 2.23. The maximum absolute atomic E-state index is 5.30. The Morgan fingerprint density at radius 1 is 1.59 bits per heavy atom. The molecule has 3 heterocycles. The molecule has 1 atom stereocenters. The highest BCUT2D eigenvalue weighted by atomic mass is 16.5. The van der Waals surface area contributed by atoms with Crippen molar-refractivity contribution in [2.24, 2.45) is 0 Å². The summed E-state index contributed by atoms with van der Waals surface area (Å²) in [4.78, 5) is 4.44. The summed E-state index contributed by atoms with van der Waals surface area (Å²) in [6, 6.07) is 2.13. The van der Waals surface area contributed by atoms with Crippen molar-refractivity contribution < 1.29 is 4.52 Å². The van der Waals surface area contributed by atoms with Crippen molar-refractivity contribution in [3.63, 3.8) is 0 Å². The molecule has 90 valence electrons. The van der Waals surface area contributed by atoms with Crippen LogP contribution in [0.15, 0.2) is 16.8 Å². The van der Waals surface area contributed by atoms with Gasteiger partial charge in [0.1, 0.15) is 5.69 Å². The molecule has 6 heteroatoms. The fraction of sp³-hybridized carbons (Fsp3) is 0.545. The minimum Gasteiger partial charge on any atom is -0.332 e. The van der Waals surface area contributed by atoms with Gasteiger partial charge in [-0.05, 0) is 32.4 Å². The fourth-order valence-corrected chi connectivity index (χ4v) is 2.15. The van der Waals surface area contributed by atoms with Gasteiger partial charge in [-0.1, -0.05) is 5.16 Å². The average molecular weight is 233 g/mol. The Morgan fingerprint density at radius 2 is 2.53 bits per heavy atom. The molecule has 0 radical (unpaired) electrons. The van der Waals surface area contributed by atoms with Crippen LogP contribution < -0.4 is 5.32 Å². The second kappa shape index (κ2) is 4.29. The standard InChI is InChI=1S/C11H15N5O/c1-2-16-9(5-7-13-16)11-14-10(15-17-11)8-4-3-6-12-8/h5,7-8,12H,2-4,6H2,1H3/t8-/m0/s1. The molecule has 1 aliphatic rings. The quantitative estimate of drug-likeness (QED) is 0.867. The van der Waals surface area contributed by atoms with E-state index < -0.39 is 0 Å². The zero-order valence-corrected chi connectivity index (χ0v) is 9.76. The van der Waals surface area contributed by atoms with Crippen molar-refractivity contribution in [2.75, 3.05) is 6.54 Å². The van der Waals surface area contributed by atoms with Gasteiger partial charge in [-0.2, -0.15) is 10.1 Å². The lowest BCUT2D eigenvalue weighted by Gasteiger charge is -2.01. The second-order valence-corrected chi connectivity index (χ2v) is 4.14. The van der Waals surface area contributed by atoms with Gasteiger partial charge < -0.3 is 9.84 Å². The van der Waals surface area contributed by atoms with E-state index in [1.165, 1.54) is 6.42 Å². The zero-order chi connectivity index (χ0) is 11.7. The van der Waals surface area contributed by atoms with Gasteiger partial charge in [-0.3, -0.25) is 4.68 Å². The van der Waals surface area contributed by atoms with Crippen molar-refractivity contribution in [3.8, 4) is 11.6 Å². The molecule has 1 fully saturated rings. The van der Waals surface area contributed by atoms with Crippen LogP contribution in [0.2, 0.25) is 0 Å². The molecule has 0 aliphatic carbocycles. The van der Waals surface area contributed by atoms with E-state index >= 15 is 0 Å². The first kappa shape index (κ1) is 10.5. The van der Waals surface area contributed by atoms with Crippen LogP contribution in [0, 0.1) is 0 Å².